The standard InChI is InChI=1S/C19H14N2O.HI/c1-21-12-11-15-14-9-5-6-10-16(14)20-17(15)18(21)19(22)13-7-3-2-4-8-13;/h2-12H,1H3;1H. The molecule has 3 nitrogen and oxygen atoms in total. The number of ketones is 1. The second kappa shape index (κ2) is 6.12. The van der Waals surface area contributed by atoms with Crippen LogP contribution >= 0.6 is 0 Å². The van der Waals surface area contributed by atoms with E-state index >= 15 is 0 Å². The van der Waals surface area contributed by atoms with Crippen molar-refractivity contribution >= 4 is 27.6 Å². The van der Waals surface area contributed by atoms with Gasteiger partial charge in [0, 0.05) is 27.9 Å². The Balaban J connectivity index is 0.00000156. The summed E-state index contributed by atoms with van der Waals surface area (Å²) >= 11 is 0. The lowest BCUT2D eigenvalue weighted by atomic mass is 10.1. The zero-order chi connectivity index (χ0) is 15.1. The molecule has 0 aliphatic carbocycles. The van der Waals surface area contributed by atoms with Gasteiger partial charge in [-0.15, -0.1) is 0 Å². The minimum Gasteiger partial charge on any atom is -1.00 e. The smallest absolute Gasteiger partial charge is 0.277 e. The second-order valence-corrected chi connectivity index (χ2v) is 5.43. The molecule has 0 amide bonds. The SMILES string of the molecule is C[n+]1ccc2c([nH]c3ccccc32)c1C(=O)c1ccccc1.[I-]. The number of pyridine rings is 1. The molecule has 1 N–H and O–H groups in total. The molecule has 4 rings (SSSR count). The highest BCUT2D eigenvalue weighted by atomic mass is 127. The summed E-state index contributed by atoms with van der Waals surface area (Å²) in [5.41, 5.74) is 3.31. The molecule has 0 saturated heterocycles. The number of fused-ring (bicyclic) bond motifs is 3. The van der Waals surface area contributed by atoms with Gasteiger partial charge in [-0.3, -0.25) is 4.79 Å². The molecule has 2 heterocycles. The van der Waals surface area contributed by atoms with Crippen LogP contribution in [-0.4, -0.2) is 10.8 Å². The van der Waals surface area contributed by atoms with Crippen LogP contribution in [0.1, 0.15) is 16.1 Å². The summed E-state index contributed by atoms with van der Waals surface area (Å²) in [7, 11) is 1.90. The van der Waals surface area contributed by atoms with Gasteiger partial charge in [0.25, 0.3) is 11.5 Å². The van der Waals surface area contributed by atoms with Gasteiger partial charge in [0.2, 0.25) is 0 Å². The van der Waals surface area contributed by atoms with Crippen molar-refractivity contribution in [3.8, 4) is 0 Å². The van der Waals surface area contributed by atoms with Crippen molar-refractivity contribution in [2.75, 3.05) is 0 Å². The quantitative estimate of drug-likeness (QED) is 0.288. The fraction of sp³-hybridized carbons (Fsp3) is 0.0526. The van der Waals surface area contributed by atoms with Gasteiger partial charge in [-0.05, 0) is 6.07 Å². The Hall–Kier alpha value is -2.21. The minimum atomic E-state index is 0. The average Bonchev–Trinajstić information content (AvgIpc) is 2.93. The number of aromatic amines is 1. The molecule has 2 aromatic carbocycles. The molecule has 0 saturated carbocycles. The molecule has 0 radical (unpaired) electrons. The number of halogens is 1. The number of rotatable bonds is 2. The molecule has 0 aliphatic heterocycles. The number of aryl methyl sites for hydroxylation is 1. The van der Waals surface area contributed by atoms with Gasteiger partial charge in [0.05, 0.1) is 0 Å². The number of benzene rings is 2. The lowest BCUT2D eigenvalue weighted by Gasteiger charge is -2.01. The third kappa shape index (κ3) is 2.53. The van der Waals surface area contributed by atoms with E-state index in [0.29, 0.717) is 11.3 Å². The third-order valence-corrected chi connectivity index (χ3v) is 4.05. The lowest BCUT2D eigenvalue weighted by molar-refractivity contribution is -0.672. The molecule has 0 unspecified atom stereocenters. The summed E-state index contributed by atoms with van der Waals surface area (Å²) in [6.45, 7) is 0. The maximum atomic E-state index is 12.9. The number of carbonyl (C=O) groups excluding carboxylic acids is 1. The maximum absolute atomic E-state index is 12.9. The highest BCUT2D eigenvalue weighted by molar-refractivity contribution is 6.17. The van der Waals surface area contributed by atoms with Gasteiger partial charge in [-0.2, -0.15) is 4.57 Å². The Labute approximate surface area is 151 Å². The Morgan fingerprint density at radius 3 is 2.39 bits per heavy atom. The van der Waals surface area contributed by atoms with E-state index < -0.39 is 0 Å². The van der Waals surface area contributed by atoms with Crippen molar-refractivity contribution in [1.82, 2.24) is 4.98 Å². The molecule has 0 atom stereocenters. The van der Waals surface area contributed by atoms with Gasteiger partial charge >= 0.3 is 0 Å². The van der Waals surface area contributed by atoms with E-state index in [1.165, 1.54) is 0 Å². The zero-order valence-corrected chi connectivity index (χ0v) is 14.7. The maximum Gasteiger partial charge on any atom is 0.277 e. The Morgan fingerprint density at radius 2 is 1.61 bits per heavy atom. The monoisotopic (exact) mass is 414 g/mol. The van der Waals surface area contributed by atoms with Gasteiger partial charge in [-0.25, -0.2) is 0 Å². The van der Waals surface area contributed by atoms with Crippen molar-refractivity contribution in [1.29, 1.82) is 0 Å². The van der Waals surface area contributed by atoms with Gasteiger partial charge < -0.3 is 29.0 Å². The first-order chi connectivity index (χ1) is 10.8. The van der Waals surface area contributed by atoms with E-state index in [4.69, 9.17) is 0 Å². The van der Waals surface area contributed by atoms with Crippen LogP contribution in [0.3, 0.4) is 0 Å². The summed E-state index contributed by atoms with van der Waals surface area (Å²) in [6.07, 6.45) is 1.94. The van der Waals surface area contributed by atoms with Crippen LogP contribution in [0.25, 0.3) is 21.8 Å². The predicted molar refractivity (Wildman–Crippen MR) is 86.9 cm³/mol. The van der Waals surface area contributed by atoms with Crippen molar-refractivity contribution in [2.45, 2.75) is 0 Å². The highest BCUT2D eigenvalue weighted by Crippen LogP contribution is 2.26. The molecule has 0 aliphatic rings. The Kier molecular flexibility index (Phi) is 4.17. The van der Waals surface area contributed by atoms with Crippen LogP contribution in [0.2, 0.25) is 0 Å². The summed E-state index contributed by atoms with van der Waals surface area (Å²) in [6, 6.07) is 19.6. The van der Waals surface area contributed by atoms with Gasteiger partial charge in [-0.1, -0.05) is 48.5 Å². The Morgan fingerprint density at radius 1 is 0.913 bits per heavy atom. The molecule has 4 aromatic rings. The van der Waals surface area contributed by atoms with E-state index in [1.54, 1.807) is 0 Å². The van der Waals surface area contributed by atoms with Gasteiger partial charge in [0.1, 0.15) is 12.6 Å². The number of aromatic nitrogens is 2. The number of para-hydroxylation sites is 1. The average molecular weight is 414 g/mol. The first kappa shape index (κ1) is 15.7. The number of hydrogen-bond acceptors (Lipinski definition) is 1. The molecule has 23 heavy (non-hydrogen) atoms. The van der Waals surface area contributed by atoms with Crippen LogP contribution in [0, 0.1) is 0 Å². The summed E-state index contributed by atoms with van der Waals surface area (Å²) < 4.78 is 1.88. The molecule has 2 aromatic heterocycles. The molecule has 114 valence electrons. The highest BCUT2D eigenvalue weighted by Gasteiger charge is 2.24. The fourth-order valence-electron chi connectivity index (χ4n) is 2.96. The number of H-pyrrole nitrogens is 1. The van der Waals surface area contributed by atoms with Crippen LogP contribution in [0.15, 0.2) is 66.9 Å². The molecular formula is C19H15IN2O. The van der Waals surface area contributed by atoms with E-state index in [1.807, 2.05) is 66.3 Å². The van der Waals surface area contributed by atoms with Crippen molar-refractivity contribution < 1.29 is 33.3 Å². The van der Waals surface area contributed by atoms with Crippen LogP contribution in [-0.2, 0) is 7.05 Å². The fourth-order valence-corrected chi connectivity index (χ4v) is 2.96. The van der Waals surface area contributed by atoms with Crippen LogP contribution < -0.4 is 28.5 Å². The van der Waals surface area contributed by atoms with E-state index in [-0.39, 0.29) is 29.8 Å². The molecule has 0 fully saturated rings. The number of nitrogens with zero attached hydrogens (tertiary/aromatic N) is 1. The van der Waals surface area contributed by atoms with Crippen molar-refractivity contribution in [3.05, 3.63) is 78.1 Å². The van der Waals surface area contributed by atoms with Crippen LogP contribution in [0.5, 0.6) is 0 Å². The topological polar surface area (TPSA) is 36.7 Å². The first-order valence-electron chi connectivity index (χ1n) is 7.24. The van der Waals surface area contributed by atoms with Crippen LogP contribution in [0.4, 0.5) is 0 Å². The predicted octanol–water partition coefficient (Wildman–Crippen LogP) is 0.381. The third-order valence-electron chi connectivity index (χ3n) is 4.05. The molecule has 0 bridgehead atoms. The summed E-state index contributed by atoms with van der Waals surface area (Å²) in [5, 5.41) is 2.22. The first-order valence-corrected chi connectivity index (χ1v) is 7.24. The number of nitrogens with one attached hydrogen (secondary N) is 1. The normalized spacial score (nSPS) is 10.7. The van der Waals surface area contributed by atoms with E-state index in [0.717, 1.165) is 21.8 Å². The van der Waals surface area contributed by atoms with Crippen molar-refractivity contribution in [2.24, 2.45) is 7.05 Å². The van der Waals surface area contributed by atoms with E-state index in [9.17, 15) is 4.79 Å². The minimum absolute atomic E-state index is 0. The Bertz CT molecular complexity index is 1010. The van der Waals surface area contributed by atoms with Crippen molar-refractivity contribution in [3.63, 3.8) is 0 Å². The summed E-state index contributed by atoms with van der Waals surface area (Å²) in [4.78, 5) is 16.3. The molecule has 0 spiro atoms. The van der Waals surface area contributed by atoms with E-state index in [2.05, 4.69) is 17.1 Å². The van der Waals surface area contributed by atoms with Gasteiger partial charge in [0.15, 0.2) is 6.20 Å². The zero-order valence-electron chi connectivity index (χ0n) is 12.6. The number of carbonyl (C=O) groups is 1. The number of hydrogen-bond donors (Lipinski definition) is 1. The second-order valence-electron chi connectivity index (χ2n) is 5.43. The molecule has 4 heteroatoms. The lowest BCUT2D eigenvalue weighted by Crippen LogP contribution is -3.00. The summed E-state index contributed by atoms with van der Waals surface area (Å²) in [5.74, 6) is 0.0280. The molecular weight excluding hydrogens is 399 g/mol. The largest absolute Gasteiger partial charge is 1.00 e.